The molecule has 6 nitrogen and oxygen atoms in total. The molecule has 3 aromatic rings. The van der Waals surface area contributed by atoms with Gasteiger partial charge in [-0.25, -0.2) is 0 Å². The number of ether oxygens (including phenoxy) is 1. The first-order chi connectivity index (χ1) is 13.2. The summed E-state index contributed by atoms with van der Waals surface area (Å²) in [5.74, 6) is 1.75. The highest BCUT2D eigenvalue weighted by atomic mass is 32.1. The number of amides is 1. The predicted molar refractivity (Wildman–Crippen MR) is 108 cm³/mol. The fourth-order valence-electron chi connectivity index (χ4n) is 3.36. The molecule has 1 fully saturated rings. The number of aromatic amines is 1. The number of methoxy groups -OCH3 is 1. The van der Waals surface area contributed by atoms with Crippen LogP contribution in [-0.2, 0) is 0 Å². The minimum absolute atomic E-state index is 0.00375. The van der Waals surface area contributed by atoms with Crippen molar-refractivity contribution in [2.75, 3.05) is 25.1 Å². The highest BCUT2D eigenvalue weighted by Crippen LogP contribution is 2.25. The quantitative estimate of drug-likeness (QED) is 0.708. The number of hydrogen-bond donors (Lipinski definition) is 2. The number of thiophene rings is 1. The van der Waals surface area contributed by atoms with Crippen LogP contribution in [0.5, 0.6) is 5.75 Å². The number of piperidine rings is 1. The van der Waals surface area contributed by atoms with Crippen molar-refractivity contribution in [1.82, 2.24) is 15.5 Å². The molecule has 1 saturated heterocycles. The zero-order valence-electron chi connectivity index (χ0n) is 15.1. The summed E-state index contributed by atoms with van der Waals surface area (Å²) >= 11 is 1.54. The van der Waals surface area contributed by atoms with Crippen LogP contribution in [0.4, 0.5) is 5.82 Å². The topological polar surface area (TPSA) is 70.2 Å². The van der Waals surface area contributed by atoms with Crippen LogP contribution in [-0.4, -0.2) is 42.3 Å². The van der Waals surface area contributed by atoms with Crippen molar-refractivity contribution < 1.29 is 9.53 Å². The first kappa shape index (κ1) is 17.6. The highest BCUT2D eigenvalue weighted by molar-refractivity contribution is 7.08. The zero-order valence-corrected chi connectivity index (χ0v) is 16.0. The Kier molecular flexibility index (Phi) is 5.11. The van der Waals surface area contributed by atoms with E-state index >= 15 is 0 Å². The van der Waals surface area contributed by atoms with Gasteiger partial charge in [0.2, 0.25) is 0 Å². The molecule has 7 heteroatoms. The standard InChI is InChI=1S/C20H22N4O2S/c1-26-17-6-4-14(5-7-17)18-11-19(23-22-18)24-9-2-3-16(12-24)21-20(25)15-8-10-27-13-15/h4-8,10-11,13,16H,2-3,9,12H2,1H3,(H,21,25)(H,22,23)/t16-/m0/s1. The molecule has 3 heterocycles. The fourth-order valence-corrected chi connectivity index (χ4v) is 3.99. The summed E-state index contributed by atoms with van der Waals surface area (Å²) in [5.41, 5.74) is 2.77. The number of benzene rings is 1. The lowest BCUT2D eigenvalue weighted by Crippen LogP contribution is -2.47. The smallest absolute Gasteiger partial charge is 0.252 e. The van der Waals surface area contributed by atoms with Gasteiger partial charge < -0.3 is 15.0 Å². The van der Waals surface area contributed by atoms with Gasteiger partial charge in [0.15, 0.2) is 5.82 Å². The number of H-pyrrole nitrogens is 1. The molecule has 0 saturated carbocycles. The molecule has 140 valence electrons. The van der Waals surface area contributed by atoms with Crippen molar-refractivity contribution in [1.29, 1.82) is 0 Å². The lowest BCUT2D eigenvalue weighted by atomic mass is 10.1. The van der Waals surface area contributed by atoms with E-state index < -0.39 is 0 Å². The molecule has 0 aliphatic carbocycles. The molecule has 1 amide bonds. The van der Waals surface area contributed by atoms with Crippen molar-refractivity contribution in [3.8, 4) is 17.0 Å². The lowest BCUT2D eigenvalue weighted by Gasteiger charge is -2.33. The molecule has 27 heavy (non-hydrogen) atoms. The van der Waals surface area contributed by atoms with Crippen LogP contribution in [0.3, 0.4) is 0 Å². The maximum absolute atomic E-state index is 12.3. The van der Waals surface area contributed by atoms with Gasteiger partial charge >= 0.3 is 0 Å². The first-order valence-electron chi connectivity index (χ1n) is 9.01. The Hall–Kier alpha value is -2.80. The summed E-state index contributed by atoms with van der Waals surface area (Å²) in [7, 11) is 1.66. The average Bonchev–Trinajstić information content (AvgIpc) is 3.40. The van der Waals surface area contributed by atoms with Gasteiger partial charge in [0.25, 0.3) is 5.91 Å². The van der Waals surface area contributed by atoms with Crippen LogP contribution in [0.1, 0.15) is 23.2 Å². The third-order valence-corrected chi connectivity index (χ3v) is 5.51. The minimum Gasteiger partial charge on any atom is -0.497 e. The van der Waals surface area contributed by atoms with Crippen molar-refractivity contribution >= 4 is 23.1 Å². The average molecular weight is 382 g/mol. The molecular weight excluding hydrogens is 360 g/mol. The van der Waals surface area contributed by atoms with E-state index in [-0.39, 0.29) is 11.9 Å². The zero-order chi connectivity index (χ0) is 18.6. The second-order valence-electron chi connectivity index (χ2n) is 6.64. The number of carbonyl (C=O) groups is 1. The molecule has 0 bridgehead atoms. The van der Waals surface area contributed by atoms with E-state index in [1.54, 1.807) is 7.11 Å². The van der Waals surface area contributed by atoms with Crippen LogP contribution in [0, 0.1) is 0 Å². The van der Waals surface area contributed by atoms with E-state index in [2.05, 4.69) is 26.5 Å². The second kappa shape index (κ2) is 7.84. The third-order valence-electron chi connectivity index (χ3n) is 4.83. The van der Waals surface area contributed by atoms with Gasteiger partial charge in [-0.15, -0.1) is 0 Å². The number of rotatable bonds is 5. The van der Waals surface area contributed by atoms with Gasteiger partial charge in [-0.1, -0.05) is 0 Å². The number of aromatic nitrogens is 2. The van der Waals surface area contributed by atoms with Gasteiger partial charge in [0.1, 0.15) is 5.75 Å². The molecule has 4 rings (SSSR count). The molecule has 1 aliphatic rings. The van der Waals surface area contributed by atoms with Gasteiger partial charge in [-0.05, 0) is 54.1 Å². The highest BCUT2D eigenvalue weighted by Gasteiger charge is 2.23. The maximum Gasteiger partial charge on any atom is 0.252 e. The van der Waals surface area contributed by atoms with Gasteiger partial charge in [0.05, 0.1) is 12.8 Å². The Morgan fingerprint density at radius 3 is 2.93 bits per heavy atom. The number of nitrogens with one attached hydrogen (secondary N) is 2. The summed E-state index contributed by atoms with van der Waals surface area (Å²) in [6.45, 7) is 1.71. The van der Waals surface area contributed by atoms with E-state index in [1.165, 1.54) is 11.3 Å². The molecular formula is C20H22N4O2S. The minimum atomic E-state index is 0.00375. The largest absolute Gasteiger partial charge is 0.497 e. The summed E-state index contributed by atoms with van der Waals surface area (Å²) in [6, 6.07) is 11.9. The fraction of sp³-hybridized carbons (Fsp3) is 0.300. The number of anilines is 1. The monoisotopic (exact) mass is 382 g/mol. The van der Waals surface area contributed by atoms with Gasteiger partial charge in [0, 0.05) is 36.1 Å². The van der Waals surface area contributed by atoms with Crippen LogP contribution in [0.15, 0.2) is 47.2 Å². The van der Waals surface area contributed by atoms with Crippen molar-refractivity contribution in [3.05, 3.63) is 52.7 Å². The van der Waals surface area contributed by atoms with Gasteiger partial charge in [-0.2, -0.15) is 16.4 Å². The van der Waals surface area contributed by atoms with Crippen LogP contribution >= 0.6 is 11.3 Å². The Morgan fingerprint density at radius 1 is 1.33 bits per heavy atom. The van der Waals surface area contributed by atoms with Crippen molar-refractivity contribution in [2.45, 2.75) is 18.9 Å². The lowest BCUT2D eigenvalue weighted by molar-refractivity contribution is 0.0933. The molecule has 1 atom stereocenters. The SMILES string of the molecule is COc1ccc(-c2cc(N3CCC[C@H](NC(=O)c4ccsc4)C3)n[nH]2)cc1. The van der Waals surface area contributed by atoms with Crippen LogP contribution < -0.4 is 15.0 Å². The number of hydrogen-bond acceptors (Lipinski definition) is 5. The maximum atomic E-state index is 12.3. The third kappa shape index (κ3) is 3.98. The summed E-state index contributed by atoms with van der Waals surface area (Å²) in [5, 5.41) is 14.5. The molecule has 2 aromatic heterocycles. The van der Waals surface area contributed by atoms with E-state index in [0.29, 0.717) is 0 Å². The Bertz CT molecular complexity index is 889. The first-order valence-corrected chi connectivity index (χ1v) is 9.95. The van der Waals surface area contributed by atoms with Crippen molar-refractivity contribution in [3.63, 3.8) is 0 Å². The number of nitrogens with zero attached hydrogens (tertiary/aromatic N) is 2. The molecule has 0 radical (unpaired) electrons. The Morgan fingerprint density at radius 2 is 2.19 bits per heavy atom. The molecule has 0 unspecified atom stereocenters. The van der Waals surface area contributed by atoms with E-state index in [1.807, 2.05) is 41.1 Å². The molecule has 1 aliphatic heterocycles. The van der Waals surface area contributed by atoms with Crippen LogP contribution in [0.25, 0.3) is 11.3 Å². The van der Waals surface area contributed by atoms with E-state index in [9.17, 15) is 4.79 Å². The van der Waals surface area contributed by atoms with E-state index in [4.69, 9.17) is 4.74 Å². The summed E-state index contributed by atoms with van der Waals surface area (Å²) in [6.07, 6.45) is 2.02. The molecule has 1 aromatic carbocycles. The number of carbonyl (C=O) groups excluding carboxylic acids is 1. The van der Waals surface area contributed by atoms with E-state index in [0.717, 1.165) is 54.3 Å². The Balaban J connectivity index is 1.42. The van der Waals surface area contributed by atoms with Crippen molar-refractivity contribution in [2.24, 2.45) is 0 Å². The molecule has 2 N–H and O–H groups in total. The van der Waals surface area contributed by atoms with Crippen LogP contribution in [0.2, 0.25) is 0 Å². The second-order valence-corrected chi connectivity index (χ2v) is 7.42. The normalized spacial score (nSPS) is 16.9. The Labute approximate surface area is 162 Å². The summed E-state index contributed by atoms with van der Waals surface area (Å²) < 4.78 is 5.21. The van der Waals surface area contributed by atoms with Gasteiger partial charge in [-0.3, -0.25) is 9.89 Å². The summed E-state index contributed by atoms with van der Waals surface area (Å²) in [4.78, 5) is 14.5. The predicted octanol–water partition coefficient (Wildman–Crippen LogP) is 3.55. The molecule has 0 spiro atoms.